The maximum atomic E-state index is 12.0. The van der Waals surface area contributed by atoms with E-state index in [2.05, 4.69) is 26.2 Å². The van der Waals surface area contributed by atoms with Gasteiger partial charge in [-0.2, -0.15) is 0 Å². The van der Waals surface area contributed by atoms with Gasteiger partial charge in [0.2, 0.25) is 0 Å². The molecule has 2 unspecified atom stereocenters. The lowest BCUT2D eigenvalue weighted by Crippen LogP contribution is -2.43. The Bertz CT molecular complexity index is 472. The van der Waals surface area contributed by atoms with Gasteiger partial charge in [0.25, 0.3) is 5.91 Å². The maximum absolute atomic E-state index is 12.0. The smallest absolute Gasteiger partial charge is 0.256 e. The topological polar surface area (TPSA) is 62.0 Å². The molecule has 1 saturated carbocycles. The Labute approximate surface area is 114 Å². The van der Waals surface area contributed by atoms with E-state index in [0.29, 0.717) is 5.92 Å². The molecule has 18 heavy (non-hydrogen) atoms. The highest BCUT2D eigenvalue weighted by Crippen LogP contribution is 2.25. The number of alkyl halides is 1. The van der Waals surface area contributed by atoms with Gasteiger partial charge < -0.3 is 10.3 Å². The van der Waals surface area contributed by atoms with Crippen LogP contribution >= 0.6 is 15.9 Å². The van der Waals surface area contributed by atoms with Crippen LogP contribution in [0.4, 0.5) is 0 Å². The van der Waals surface area contributed by atoms with Gasteiger partial charge in [0.15, 0.2) is 5.43 Å². The molecule has 2 N–H and O–H groups in total. The minimum absolute atomic E-state index is 0.172. The molecule has 1 aliphatic rings. The summed E-state index contributed by atoms with van der Waals surface area (Å²) in [5, 5.41) is 3.88. The molecule has 1 heterocycles. The average molecular weight is 313 g/mol. The highest BCUT2D eigenvalue weighted by atomic mass is 79.9. The molecule has 0 radical (unpaired) electrons. The number of carbonyl (C=O) groups excluding carboxylic acids is 1. The van der Waals surface area contributed by atoms with Gasteiger partial charge in [-0.1, -0.05) is 28.8 Å². The van der Waals surface area contributed by atoms with Gasteiger partial charge in [0.1, 0.15) is 5.56 Å². The second-order valence-corrected chi connectivity index (χ2v) is 5.35. The largest absolute Gasteiger partial charge is 0.367 e. The van der Waals surface area contributed by atoms with Gasteiger partial charge in [-0.3, -0.25) is 9.59 Å². The summed E-state index contributed by atoms with van der Waals surface area (Å²) in [6.45, 7) is 0. The first-order chi connectivity index (χ1) is 8.72. The van der Waals surface area contributed by atoms with E-state index < -0.39 is 0 Å². The molecule has 1 aromatic heterocycles. The second kappa shape index (κ2) is 6.18. The van der Waals surface area contributed by atoms with E-state index >= 15 is 0 Å². The van der Waals surface area contributed by atoms with Gasteiger partial charge >= 0.3 is 0 Å². The van der Waals surface area contributed by atoms with Crippen LogP contribution < -0.4 is 10.7 Å². The Morgan fingerprint density at radius 1 is 1.44 bits per heavy atom. The minimum Gasteiger partial charge on any atom is -0.367 e. The van der Waals surface area contributed by atoms with Crippen LogP contribution in [0.2, 0.25) is 0 Å². The Morgan fingerprint density at radius 2 is 2.22 bits per heavy atom. The zero-order chi connectivity index (χ0) is 13.0. The number of amides is 1. The fourth-order valence-electron chi connectivity index (χ4n) is 2.42. The van der Waals surface area contributed by atoms with Gasteiger partial charge in [-0.25, -0.2) is 0 Å². The van der Waals surface area contributed by atoms with Crippen molar-refractivity contribution in [3.05, 3.63) is 34.2 Å². The van der Waals surface area contributed by atoms with E-state index in [0.717, 1.165) is 24.6 Å². The quantitative estimate of drug-likeness (QED) is 0.839. The SMILES string of the molecule is O=C(NC1CCCCC1CBr)c1c[nH]ccc1=O. The number of aromatic nitrogens is 1. The molecule has 98 valence electrons. The predicted molar refractivity (Wildman–Crippen MR) is 74.1 cm³/mol. The Morgan fingerprint density at radius 3 is 2.94 bits per heavy atom. The Hall–Kier alpha value is -1.10. The predicted octanol–water partition coefficient (Wildman–Crippen LogP) is 2.06. The third-order valence-electron chi connectivity index (χ3n) is 3.49. The summed E-state index contributed by atoms with van der Waals surface area (Å²) < 4.78 is 0. The Kier molecular flexibility index (Phi) is 4.58. The van der Waals surface area contributed by atoms with Crippen LogP contribution in [0.3, 0.4) is 0 Å². The zero-order valence-corrected chi connectivity index (χ0v) is 11.7. The van der Waals surface area contributed by atoms with Crippen molar-refractivity contribution >= 4 is 21.8 Å². The van der Waals surface area contributed by atoms with Crippen LogP contribution in [0.1, 0.15) is 36.0 Å². The van der Waals surface area contributed by atoms with E-state index in [4.69, 9.17) is 0 Å². The van der Waals surface area contributed by atoms with Crippen molar-refractivity contribution in [2.24, 2.45) is 5.92 Å². The van der Waals surface area contributed by atoms with Crippen molar-refractivity contribution in [2.75, 3.05) is 5.33 Å². The number of hydrogen-bond donors (Lipinski definition) is 2. The molecule has 0 aliphatic heterocycles. The summed E-state index contributed by atoms with van der Waals surface area (Å²) in [6.07, 6.45) is 7.47. The molecule has 0 spiro atoms. The highest BCUT2D eigenvalue weighted by molar-refractivity contribution is 9.09. The number of pyridine rings is 1. The van der Waals surface area contributed by atoms with Gasteiger partial charge in [0, 0.05) is 29.8 Å². The first kappa shape index (κ1) is 13.3. The number of nitrogens with one attached hydrogen (secondary N) is 2. The minimum atomic E-state index is -0.269. The molecular formula is C13H17BrN2O2. The lowest BCUT2D eigenvalue weighted by atomic mass is 9.86. The molecule has 2 rings (SSSR count). The van der Waals surface area contributed by atoms with E-state index in [1.807, 2.05) is 0 Å². The number of aromatic amines is 1. The molecule has 2 atom stereocenters. The maximum Gasteiger partial charge on any atom is 0.256 e. The van der Waals surface area contributed by atoms with Crippen LogP contribution in [-0.2, 0) is 0 Å². The number of carbonyl (C=O) groups is 1. The van der Waals surface area contributed by atoms with Gasteiger partial charge in [-0.15, -0.1) is 0 Å². The zero-order valence-electron chi connectivity index (χ0n) is 10.1. The Balaban J connectivity index is 2.07. The molecule has 0 bridgehead atoms. The molecule has 4 nitrogen and oxygen atoms in total. The summed E-state index contributed by atoms with van der Waals surface area (Å²) in [5.41, 5.74) is -0.0474. The monoisotopic (exact) mass is 312 g/mol. The fourth-order valence-corrected chi connectivity index (χ4v) is 3.20. The normalized spacial score (nSPS) is 23.6. The van der Waals surface area contributed by atoms with Crippen molar-refractivity contribution in [1.29, 1.82) is 0 Å². The van der Waals surface area contributed by atoms with E-state index in [-0.39, 0.29) is 22.9 Å². The lowest BCUT2D eigenvalue weighted by molar-refractivity contribution is 0.0910. The van der Waals surface area contributed by atoms with Crippen molar-refractivity contribution in [3.8, 4) is 0 Å². The van der Waals surface area contributed by atoms with Crippen LogP contribution in [0.15, 0.2) is 23.3 Å². The summed E-state index contributed by atoms with van der Waals surface area (Å²) in [6, 6.07) is 1.54. The van der Waals surface area contributed by atoms with Crippen LogP contribution in [-0.4, -0.2) is 22.3 Å². The number of hydrogen-bond acceptors (Lipinski definition) is 2. The van der Waals surface area contributed by atoms with Crippen molar-refractivity contribution in [3.63, 3.8) is 0 Å². The molecular weight excluding hydrogens is 296 g/mol. The molecule has 1 fully saturated rings. The average Bonchev–Trinajstić information content (AvgIpc) is 2.39. The standard InChI is InChI=1S/C13H17BrN2O2/c14-7-9-3-1-2-4-11(9)16-13(18)10-8-15-6-5-12(10)17/h5-6,8-9,11H,1-4,7H2,(H,15,17)(H,16,18). The third kappa shape index (κ3) is 3.02. The fraction of sp³-hybridized carbons (Fsp3) is 0.538. The number of H-pyrrole nitrogens is 1. The van der Waals surface area contributed by atoms with Gasteiger partial charge in [-0.05, 0) is 18.8 Å². The molecule has 1 aromatic rings. The van der Waals surface area contributed by atoms with Crippen LogP contribution in [0.25, 0.3) is 0 Å². The molecule has 0 aromatic carbocycles. The summed E-state index contributed by atoms with van der Waals surface area (Å²) in [5.74, 6) is 0.195. The van der Waals surface area contributed by atoms with E-state index in [1.165, 1.54) is 24.9 Å². The van der Waals surface area contributed by atoms with Crippen molar-refractivity contribution < 1.29 is 4.79 Å². The summed E-state index contributed by atoms with van der Waals surface area (Å²) >= 11 is 3.49. The first-order valence-electron chi connectivity index (χ1n) is 6.26. The number of halogens is 1. The van der Waals surface area contributed by atoms with Crippen molar-refractivity contribution in [1.82, 2.24) is 10.3 Å². The number of rotatable bonds is 3. The van der Waals surface area contributed by atoms with E-state index in [9.17, 15) is 9.59 Å². The van der Waals surface area contributed by atoms with Crippen LogP contribution in [0.5, 0.6) is 0 Å². The lowest BCUT2D eigenvalue weighted by Gasteiger charge is -2.30. The van der Waals surface area contributed by atoms with Crippen LogP contribution in [0, 0.1) is 5.92 Å². The van der Waals surface area contributed by atoms with E-state index in [1.54, 1.807) is 0 Å². The third-order valence-corrected chi connectivity index (χ3v) is 4.32. The molecule has 0 saturated heterocycles. The molecule has 1 amide bonds. The van der Waals surface area contributed by atoms with Crippen molar-refractivity contribution in [2.45, 2.75) is 31.7 Å². The highest BCUT2D eigenvalue weighted by Gasteiger charge is 2.26. The van der Waals surface area contributed by atoms with Gasteiger partial charge in [0.05, 0.1) is 0 Å². The molecule has 5 heteroatoms. The molecule has 1 aliphatic carbocycles. The second-order valence-electron chi connectivity index (χ2n) is 4.70. The summed E-state index contributed by atoms with van der Waals surface area (Å²) in [4.78, 5) is 26.4. The summed E-state index contributed by atoms with van der Waals surface area (Å²) in [7, 11) is 0. The first-order valence-corrected chi connectivity index (χ1v) is 7.38.